The molecule has 2 N–H and O–H groups in total. The van der Waals surface area contributed by atoms with Crippen molar-refractivity contribution >= 4 is 18.3 Å². The van der Waals surface area contributed by atoms with Gasteiger partial charge in [-0.1, -0.05) is 42.5 Å². The van der Waals surface area contributed by atoms with Gasteiger partial charge in [-0.05, 0) is 42.2 Å². The highest BCUT2D eigenvalue weighted by atomic mass is 35.5. The lowest BCUT2D eigenvalue weighted by Crippen LogP contribution is -2.28. The third-order valence-corrected chi connectivity index (χ3v) is 4.71. The van der Waals surface area contributed by atoms with E-state index in [1.807, 2.05) is 61.2 Å². The van der Waals surface area contributed by atoms with Crippen molar-refractivity contribution in [3.8, 4) is 11.3 Å². The van der Waals surface area contributed by atoms with Crippen LogP contribution in [0.2, 0.25) is 0 Å². The fourth-order valence-electron chi connectivity index (χ4n) is 3.13. The molecule has 0 atom stereocenters. The van der Waals surface area contributed by atoms with Gasteiger partial charge in [-0.25, -0.2) is 0 Å². The molecule has 0 saturated carbocycles. The van der Waals surface area contributed by atoms with E-state index in [2.05, 4.69) is 23.3 Å². The highest BCUT2D eigenvalue weighted by Gasteiger charge is 2.12. The molecule has 0 aliphatic heterocycles. The lowest BCUT2D eigenvalue weighted by Gasteiger charge is -2.17. The van der Waals surface area contributed by atoms with Gasteiger partial charge in [-0.3, -0.25) is 9.48 Å². The number of nitrogens with two attached hydrogens (primary N) is 1. The van der Waals surface area contributed by atoms with Crippen LogP contribution in [0, 0.1) is 0 Å². The van der Waals surface area contributed by atoms with Crippen LogP contribution in [0.5, 0.6) is 0 Å². The molecule has 0 spiro atoms. The SMILES string of the molecule is CN(CCCc1cc(-c2ccccc2)n(C)n1)C(=O)c1ccc(CN)cc1.Cl. The number of rotatable bonds is 7. The number of halogens is 1. The van der Waals surface area contributed by atoms with Crippen molar-refractivity contribution in [2.75, 3.05) is 13.6 Å². The van der Waals surface area contributed by atoms with E-state index in [1.54, 1.807) is 4.90 Å². The second-order valence-electron chi connectivity index (χ2n) is 6.74. The number of carbonyl (C=O) groups excluding carboxylic acids is 1. The van der Waals surface area contributed by atoms with Gasteiger partial charge in [0.25, 0.3) is 5.91 Å². The summed E-state index contributed by atoms with van der Waals surface area (Å²) in [5, 5.41) is 4.61. The highest BCUT2D eigenvalue weighted by molar-refractivity contribution is 5.94. The maximum Gasteiger partial charge on any atom is 0.253 e. The maximum atomic E-state index is 12.5. The molecule has 3 rings (SSSR count). The molecule has 0 saturated heterocycles. The van der Waals surface area contributed by atoms with Gasteiger partial charge in [0, 0.05) is 32.7 Å². The van der Waals surface area contributed by atoms with Crippen LogP contribution in [0.15, 0.2) is 60.7 Å². The summed E-state index contributed by atoms with van der Waals surface area (Å²) in [7, 11) is 3.81. The van der Waals surface area contributed by atoms with Crippen molar-refractivity contribution in [3.63, 3.8) is 0 Å². The molecule has 2 aromatic carbocycles. The Hall–Kier alpha value is -2.63. The number of benzene rings is 2. The van der Waals surface area contributed by atoms with Gasteiger partial charge in [0.1, 0.15) is 0 Å². The normalized spacial score (nSPS) is 10.4. The lowest BCUT2D eigenvalue weighted by molar-refractivity contribution is 0.0793. The summed E-state index contributed by atoms with van der Waals surface area (Å²) in [5.41, 5.74) is 10.6. The predicted molar refractivity (Wildman–Crippen MR) is 116 cm³/mol. The number of hydrogen-bond donors (Lipinski definition) is 1. The zero-order valence-corrected chi connectivity index (χ0v) is 17.2. The van der Waals surface area contributed by atoms with Crippen LogP contribution >= 0.6 is 12.4 Å². The van der Waals surface area contributed by atoms with Crippen molar-refractivity contribution < 1.29 is 4.79 Å². The van der Waals surface area contributed by atoms with E-state index in [-0.39, 0.29) is 18.3 Å². The van der Waals surface area contributed by atoms with Crippen molar-refractivity contribution in [2.45, 2.75) is 19.4 Å². The molecule has 0 radical (unpaired) electrons. The van der Waals surface area contributed by atoms with E-state index in [0.29, 0.717) is 18.7 Å². The Kier molecular flexibility index (Phi) is 7.79. The van der Waals surface area contributed by atoms with Crippen LogP contribution in [-0.4, -0.2) is 34.2 Å². The molecule has 3 aromatic rings. The molecular weight excluding hydrogens is 372 g/mol. The summed E-state index contributed by atoms with van der Waals surface area (Å²) < 4.78 is 1.92. The maximum absolute atomic E-state index is 12.5. The van der Waals surface area contributed by atoms with Crippen LogP contribution < -0.4 is 5.73 Å². The highest BCUT2D eigenvalue weighted by Crippen LogP contribution is 2.20. The van der Waals surface area contributed by atoms with Gasteiger partial charge < -0.3 is 10.6 Å². The molecule has 0 bridgehead atoms. The first-order valence-corrected chi connectivity index (χ1v) is 9.21. The first-order valence-electron chi connectivity index (χ1n) is 9.21. The quantitative estimate of drug-likeness (QED) is 0.660. The summed E-state index contributed by atoms with van der Waals surface area (Å²) in [4.78, 5) is 14.3. The van der Waals surface area contributed by atoms with Crippen molar-refractivity contribution in [1.29, 1.82) is 0 Å². The Labute approximate surface area is 172 Å². The van der Waals surface area contributed by atoms with Gasteiger partial charge in [-0.15, -0.1) is 12.4 Å². The molecule has 148 valence electrons. The van der Waals surface area contributed by atoms with Crippen molar-refractivity contribution in [2.24, 2.45) is 12.8 Å². The number of carbonyl (C=O) groups is 1. The topological polar surface area (TPSA) is 64.2 Å². The van der Waals surface area contributed by atoms with E-state index >= 15 is 0 Å². The number of aryl methyl sites for hydroxylation is 2. The number of amides is 1. The van der Waals surface area contributed by atoms with Gasteiger partial charge in [0.05, 0.1) is 11.4 Å². The Bertz CT molecular complexity index is 891. The molecule has 6 heteroatoms. The fraction of sp³-hybridized carbons (Fsp3) is 0.273. The largest absolute Gasteiger partial charge is 0.342 e. The first-order chi connectivity index (χ1) is 13.1. The minimum Gasteiger partial charge on any atom is -0.342 e. The Morgan fingerprint density at radius 3 is 2.43 bits per heavy atom. The second kappa shape index (κ2) is 10.1. The molecule has 0 unspecified atom stereocenters. The molecule has 5 nitrogen and oxygen atoms in total. The molecule has 0 aliphatic carbocycles. The summed E-state index contributed by atoms with van der Waals surface area (Å²) in [5.74, 6) is 0.0320. The fourth-order valence-corrected chi connectivity index (χ4v) is 3.13. The molecule has 0 aliphatic rings. The third-order valence-electron chi connectivity index (χ3n) is 4.71. The monoisotopic (exact) mass is 398 g/mol. The number of hydrogen-bond acceptors (Lipinski definition) is 3. The van der Waals surface area contributed by atoms with Gasteiger partial charge in [0.15, 0.2) is 0 Å². The summed E-state index contributed by atoms with van der Waals surface area (Å²) >= 11 is 0. The summed E-state index contributed by atoms with van der Waals surface area (Å²) in [6.07, 6.45) is 1.71. The van der Waals surface area contributed by atoms with Crippen LogP contribution in [0.25, 0.3) is 11.3 Å². The number of aromatic nitrogens is 2. The second-order valence-corrected chi connectivity index (χ2v) is 6.74. The van der Waals surface area contributed by atoms with Crippen LogP contribution in [-0.2, 0) is 20.0 Å². The molecule has 1 heterocycles. The minimum absolute atomic E-state index is 0. The van der Waals surface area contributed by atoms with Crippen molar-refractivity contribution in [3.05, 3.63) is 77.5 Å². The molecule has 1 amide bonds. The lowest BCUT2D eigenvalue weighted by atomic mass is 10.1. The van der Waals surface area contributed by atoms with Gasteiger partial charge in [-0.2, -0.15) is 5.10 Å². The molecular formula is C22H27ClN4O. The zero-order valence-electron chi connectivity index (χ0n) is 16.3. The number of nitrogens with zero attached hydrogens (tertiary/aromatic N) is 3. The Morgan fingerprint density at radius 2 is 1.79 bits per heavy atom. The molecule has 28 heavy (non-hydrogen) atoms. The van der Waals surface area contributed by atoms with Crippen molar-refractivity contribution in [1.82, 2.24) is 14.7 Å². The van der Waals surface area contributed by atoms with Crippen LogP contribution in [0.3, 0.4) is 0 Å². The average Bonchev–Trinajstić information content (AvgIpc) is 3.08. The van der Waals surface area contributed by atoms with Gasteiger partial charge >= 0.3 is 0 Å². The standard InChI is InChI=1S/C22H26N4O.ClH/c1-25(22(27)19-12-10-17(16-23)11-13-19)14-6-9-20-15-21(26(2)24-20)18-7-4-3-5-8-18;/h3-5,7-8,10-13,15H,6,9,14,16,23H2,1-2H3;1H. The summed E-state index contributed by atoms with van der Waals surface area (Å²) in [6, 6.07) is 19.9. The Morgan fingerprint density at radius 1 is 1.11 bits per heavy atom. The Balaban J connectivity index is 0.00000280. The van der Waals surface area contributed by atoms with E-state index in [9.17, 15) is 4.79 Å². The van der Waals surface area contributed by atoms with E-state index in [4.69, 9.17) is 5.73 Å². The molecule has 1 aromatic heterocycles. The van der Waals surface area contributed by atoms with Gasteiger partial charge in [0.2, 0.25) is 0 Å². The van der Waals surface area contributed by atoms with Crippen LogP contribution in [0.4, 0.5) is 0 Å². The van der Waals surface area contributed by atoms with E-state index in [0.717, 1.165) is 35.4 Å². The van der Waals surface area contributed by atoms with Crippen LogP contribution in [0.1, 0.15) is 28.0 Å². The third kappa shape index (κ3) is 5.21. The average molecular weight is 399 g/mol. The predicted octanol–water partition coefficient (Wildman–Crippen LogP) is 3.67. The zero-order chi connectivity index (χ0) is 19.2. The first kappa shape index (κ1) is 21.7. The smallest absolute Gasteiger partial charge is 0.253 e. The summed E-state index contributed by atoms with van der Waals surface area (Å²) in [6.45, 7) is 1.17. The van der Waals surface area contributed by atoms with E-state index < -0.39 is 0 Å². The minimum atomic E-state index is 0. The van der Waals surface area contributed by atoms with E-state index in [1.165, 1.54) is 0 Å². The molecule has 0 fully saturated rings.